The van der Waals surface area contributed by atoms with Gasteiger partial charge in [-0.05, 0) is 51.6 Å². The molecule has 0 saturated carbocycles. The van der Waals surface area contributed by atoms with Crippen LogP contribution in [0.3, 0.4) is 0 Å². The second kappa shape index (κ2) is 6.44. The van der Waals surface area contributed by atoms with Gasteiger partial charge in [0.15, 0.2) is 0 Å². The van der Waals surface area contributed by atoms with Crippen molar-refractivity contribution in [3.63, 3.8) is 0 Å². The Bertz CT molecular complexity index is 598. The first-order valence-electron chi connectivity index (χ1n) is 9.19. The van der Waals surface area contributed by atoms with Crippen LogP contribution in [0.5, 0.6) is 0 Å². The summed E-state index contributed by atoms with van der Waals surface area (Å²) in [4.78, 5) is 21.1. The number of ether oxygens (including phenoxy) is 1. The van der Waals surface area contributed by atoms with Crippen molar-refractivity contribution in [1.82, 2.24) is 24.6 Å². The van der Waals surface area contributed by atoms with E-state index >= 15 is 0 Å². The maximum atomic E-state index is 12.6. The second-order valence-corrected chi connectivity index (χ2v) is 7.54. The zero-order valence-electron chi connectivity index (χ0n) is 14.5. The quantitative estimate of drug-likeness (QED) is 0.828. The zero-order valence-corrected chi connectivity index (χ0v) is 14.5. The summed E-state index contributed by atoms with van der Waals surface area (Å²) in [6.07, 6.45) is 8.86. The van der Waals surface area contributed by atoms with Crippen LogP contribution >= 0.6 is 0 Å². The minimum atomic E-state index is -0.146. The van der Waals surface area contributed by atoms with E-state index in [1.807, 2.05) is 4.90 Å². The van der Waals surface area contributed by atoms with Crippen LogP contribution in [0, 0.1) is 0 Å². The lowest BCUT2D eigenvalue weighted by atomic mass is 9.90. The van der Waals surface area contributed by atoms with E-state index in [4.69, 9.17) is 4.74 Å². The van der Waals surface area contributed by atoms with Gasteiger partial charge in [-0.1, -0.05) is 0 Å². The van der Waals surface area contributed by atoms with Crippen LogP contribution < -0.4 is 0 Å². The summed E-state index contributed by atoms with van der Waals surface area (Å²) < 4.78 is 8.11. The molecule has 7 heteroatoms. The number of hydrogen-bond donors (Lipinski definition) is 0. The lowest BCUT2D eigenvalue weighted by Gasteiger charge is -2.39. The molecule has 0 bridgehead atoms. The van der Waals surface area contributed by atoms with Gasteiger partial charge in [-0.3, -0.25) is 9.48 Å². The Morgan fingerprint density at radius 1 is 1.29 bits per heavy atom. The van der Waals surface area contributed by atoms with Gasteiger partial charge in [0, 0.05) is 20.1 Å². The van der Waals surface area contributed by atoms with Crippen molar-refractivity contribution in [3.8, 4) is 0 Å². The van der Waals surface area contributed by atoms with Crippen molar-refractivity contribution in [3.05, 3.63) is 12.2 Å². The first-order valence-corrected chi connectivity index (χ1v) is 9.19. The van der Waals surface area contributed by atoms with Crippen LogP contribution in [0.25, 0.3) is 0 Å². The first-order chi connectivity index (χ1) is 11.6. The fourth-order valence-corrected chi connectivity index (χ4v) is 4.40. The molecule has 0 aromatic carbocycles. The topological polar surface area (TPSA) is 63.5 Å². The molecule has 1 aromatic rings. The molecule has 0 radical (unpaired) electrons. The molecule has 3 fully saturated rings. The molecule has 4 heterocycles. The molecule has 3 saturated heterocycles. The van der Waals surface area contributed by atoms with Crippen LogP contribution in [-0.2, 0) is 11.8 Å². The number of aryl methyl sites for hydroxylation is 1. The van der Waals surface area contributed by atoms with Crippen LogP contribution in [0.15, 0.2) is 6.33 Å². The molecule has 1 aromatic heterocycles. The summed E-state index contributed by atoms with van der Waals surface area (Å²) in [5, 5.41) is 4.14. The highest BCUT2D eigenvalue weighted by Gasteiger charge is 2.45. The molecule has 0 N–H and O–H groups in total. The Morgan fingerprint density at radius 3 is 2.88 bits per heavy atom. The second-order valence-electron chi connectivity index (χ2n) is 7.54. The number of amides is 1. The highest BCUT2D eigenvalue weighted by molar-refractivity contribution is 5.90. The third-order valence-corrected chi connectivity index (χ3v) is 5.63. The highest BCUT2D eigenvalue weighted by Crippen LogP contribution is 2.37. The molecule has 2 atom stereocenters. The van der Waals surface area contributed by atoms with Gasteiger partial charge >= 0.3 is 0 Å². The predicted octanol–water partition coefficient (Wildman–Crippen LogP) is 1.06. The molecule has 4 rings (SSSR count). The number of rotatable bonds is 3. The minimum Gasteiger partial charge on any atom is -0.369 e. The van der Waals surface area contributed by atoms with Crippen molar-refractivity contribution in [2.45, 2.75) is 50.2 Å². The minimum absolute atomic E-state index is 0.0715. The number of likely N-dealkylation sites (tertiary alicyclic amines) is 2. The molecule has 3 aliphatic rings. The first kappa shape index (κ1) is 16.0. The van der Waals surface area contributed by atoms with Gasteiger partial charge in [0.25, 0.3) is 5.91 Å². The predicted molar refractivity (Wildman–Crippen MR) is 88.7 cm³/mol. The Balaban J connectivity index is 1.38. The standard InChI is InChI=1S/C17H27N5O2/c1-20-13-18-15(19-20)16(23)22-10-7-17(12-22)6-4-5-14(24-17)11-21-8-2-3-9-21/h13-14H,2-12H2,1H3/t14-,17-/m1/s1. The Kier molecular flexibility index (Phi) is 4.30. The summed E-state index contributed by atoms with van der Waals surface area (Å²) in [5.74, 6) is 0.219. The Labute approximate surface area is 143 Å². The summed E-state index contributed by atoms with van der Waals surface area (Å²) in [7, 11) is 1.78. The van der Waals surface area contributed by atoms with Crippen molar-refractivity contribution in [1.29, 1.82) is 0 Å². The molecule has 3 aliphatic heterocycles. The van der Waals surface area contributed by atoms with Crippen LogP contribution in [0.4, 0.5) is 0 Å². The van der Waals surface area contributed by atoms with E-state index in [0.717, 1.165) is 32.4 Å². The molecule has 132 valence electrons. The summed E-state index contributed by atoms with van der Waals surface area (Å²) in [6.45, 7) is 4.90. The van der Waals surface area contributed by atoms with E-state index in [2.05, 4.69) is 15.0 Å². The van der Waals surface area contributed by atoms with E-state index in [0.29, 0.717) is 18.5 Å². The van der Waals surface area contributed by atoms with Gasteiger partial charge in [-0.25, -0.2) is 4.98 Å². The summed E-state index contributed by atoms with van der Waals surface area (Å²) >= 11 is 0. The molecule has 1 spiro atoms. The van der Waals surface area contributed by atoms with Gasteiger partial charge in [0.2, 0.25) is 5.82 Å². The van der Waals surface area contributed by atoms with Crippen molar-refractivity contribution < 1.29 is 9.53 Å². The average Bonchev–Trinajstić information content (AvgIpc) is 3.29. The van der Waals surface area contributed by atoms with Gasteiger partial charge in [-0.15, -0.1) is 5.10 Å². The maximum Gasteiger partial charge on any atom is 0.293 e. The molecular formula is C17H27N5O2. The maximum absolute atomic E-state index is 12.6. The largest absolute Gasteiger partial charge is 0.369 e. The monoisotopic (exact) mass is 333 g/mol. The fraction of sp³-hybridized carbons (Fsp3) is 0.824. The van der Waals surface area contributed by atoms with E-state index in [1.165, 1.54) is 32.4 Å². The molecular weight excluding hydrogens is 306 g/mol. The highest BCUT2D eigenvalue weighted by atomic mass is 16.5. The third-order valence-electron chi connectivity index (χ3n) is 5.63. The van der Waals surface area contributed by atoms with Gasteiger partial charge < -0.3 is 14.5 Å². The van der Waals surface area contributed by atoms with E-state index in [-0.39, 0.29) is 11.5 Å². The lowest BCUT2D eigenvalue weighted by molar-refractivity contribution is -0.126. The SMILES string of the molecule is Cn1cnc(C(=O)N2CC[C@]3(CCC[C@H](CN4CCCC4)O3)C2)n1. The number of hydrogen-bond acceptors (Lipinski definition) is 5. The van der Waals surface area contributed by atoms with E-state index < -0.39 is 0 Å². The average molecular weight is 333 g/mol. The molecule has 0 unspecified atom stereocenters. The van der Waals surface area contributed by atoms with Gasteiger partial charge in [0.1, 0.15) is 6.33 Å². The van der Waals surface area contributed by atoms with E-state index in [1.54, 1.807) is 18.1 Å². The number of nitrogens with zero attached hydrogens (tertiary/aromatic N) is 5. The van der Waals surface area contributed by atoms with Gasteiger partial charge in [0.05, 0.1) is 18.2 Å². The van der Waals surface area contributed by atoms with Crippen molar-refractivity contribution >= 4 is 5.91 Å². The van der Waals surface area contributed by atoms with Gasteiger partial charge in [-0.2, -0.15) is 0 Å². The van der Waals surface area contributed by atoms with Crippen LogP contribution in [0.1, 0.15) is 49.1 Å². The van der Waals surface area contributed by atoms with Crippen molar-refractivity contribution in [2.75, 3.05) is 32.7 Å². The zero-order chi connectivity index (χ0) is 16.6. The Hall–Kier alpha value is -1.47. The van der Waals surface area contributed by atoms with E-state index in [9.17, 15) is 4.79 Å². The molecule has 0 aliphatic carbocycles. The number of carbonyl (C=O) groups excluding carboxylic acids is 1. The smallest absolute Gasteiger partial charge is 0.293 e. The normalized spacial score (nSPS) is 31.2. The summed E-state index contributed by atoms with van der Waals surface area (Å²) in [6, 6.07) is 0. The van der Waals surface area contributed by atoms with Crippen LogP contribution in [0.2, 0.25) is 0 Å². The number of aromatic nitrogens is 3. The van der Waals surface area contributed by atoms with Crippen molar-refractivity contribution in [2.24, 2.45) is 7.05 Å². The fourth-order valence-electron chi connectivity index (χ4n) is 4.40. The lowest BCUT2D eigenvalue weighted by Crippen LogP contribution is -2.47. The molecule has 24 heavy (non-hydrogen) atoms. The third kappa shape index (κ3) is 3.19. The molecule has 1 amide bonds. The summed E-state index contributed by atoms with van der Waals surface area (Å²) in [5.41, 5.74) is -0.146. The molecule has 7 nitrogen and oxygen atoms in total. The van der Waals surface area contributed by atoms with Crippen LogP contribution in [-0.4, -0.2) is 74.9 Å². The number of carbonyl (C=O) groups is 1. The Morgan fingerprint density at radius 2 is 2.12 bits per heavy atom.